The quantitative estimate of drug-likeness (QED) is 0.792. The molecule has 0 radical (unpaired) electrons. The van der Waals surface area contributed by atoms with Gasteiger partial charge in [-0.2, -0.15) is 0 Å². The van der Waals surface area contributed by atoms with Gasteiger partial charge >= 0.3 is 5.97 Å². The van der Waals surface area contributed by atoms with E-state index in [1.54, 1.807) is 7.11 Å². The van der Waals surface area contributed by atoms with Gasteiger partial charge in [-0.05, 0) is 60.6 Å². The highest BCUT2D eigenvalue weighted by Gasteiger charge is 2.23. The van der Waals surface area contributed by atoms with Crippen LogP contribution in [0, 0.1) is 0 Å². The predicted octanol–water partition coefficient (Wildman–Crippen LogP) is 3.61. The Morgan fingerprint density at radius 2 is 1.78 bits per heavy atom. The van der Waals surface area contributed by atoms with Gasteiger partial charge in [0.15, 0.2) is 0 Å². The molecule has 2 aromatic rings. The number of fused-ring (bicyclic) bond motifs is 1. The molecule has 142 valence electrons. The highest BCUT2D eigenvalue weighted by molar-refractivity contribution is 5.96. The third-order valence-electron chi connectivity index (χ3n) is 5.06. The summed E-state index contributed by atoms with van der Waals surface area (Å²) >= 11 is 0. The molecule has 5 nitrogen and oxygen atoms in total. The highest BCUT2D eigenvalue weighted by atomic mass is 16.5. The standard InChI is InChI=1S/C22H25NO4/c1-26-17-12-10-16(11-13-17)20(14-21(24)27-2)23-22(25)19-9-5-7-15-6-3-4-8-18(15)19/h5,7,9-13,20H,3-4,6,8,14H2,1-2H3,(H,23,25). The molecular weight excluding hydrogens is 342 g/mol. The molecular formula is C22H25NO4. The molecule has 0 bridgehead atoms. The number of nitrogens with one attached hydrogen (secondary N) is 1. The number of ether oxygens (including phenoxy) is 2. The smallest absolute Gasteiger partial charge is 0.307 e. The minimum absolute atomic E-state index is 0.0730. The van der Waals surface area contributed by atoms with Gasteiger partial charge in [0.25, 0.3) is 5.91 Å². The van der Waals surface area contributed by atoms with E-state index >= 15 is 0 Å². The van der Waals surface area contributed by atoms with Crippen LogP contribution in [0.15, 0.2) is 42.5 Å². The number of benzene rings is 2. The topological polar surface area (TPSA) is 64.6 Å². The van der Waals surface area contributed by atoms with Crippen molar-refractivity contribution in [3.8, 4) is 5.75 Å². The van der Waals surface area contributed by atoms with E-state index in [9.17, 15) is 9.59 Å². The molecule has 0 aliphatic heterocycles. The summed E-state index contributed by atoms with van der Waals surface area (Å²) in [6.45, 7) is 0. The molecule has 1 unspecified atom stereocenters. The Kier molecular flexibility index (Phi) is 6.12. The maximum Gasteiger partial charge on any atom is 0.307 e. The molecule has 1 atom stereocenters. The monoisotopic (exact) mass is 367 g/mol. The van der Waals surface area contributed by atoms with E-state index in [1.807, 2.05) is 36.4 Å². The van der Waals surface area contributed by atoms with Crippen LogP contribution in [0.3, 0.4) is 0 Å². The summed E-state index contributed by atoms with van der Waals surface area (Å²) in [7, 11) is 2.95. The van der Waals surface area contributed by atoms with E-state index in [0.29, 0.717) is 5.56 Å². The highest BCUT2D eigenvalue weighted by Crippen LogP contribution is 2.26. The summed E-state index contributed by atoms with van der Waals surface area (Å²) in [5.74, 6) is 0.198. The Labute approximate surface area is 159 Å². The molecule has 5 heteroatoms. The average Bonchev–Trinajstić information content (AvgIpc) is 2.72. The molecule has 0 heterocycles. The van der Waals surface area contributed by atoms with Crippen molar-refractivity contribution in [3.63, 3.8) is 0 Å². The van der Waals surface area contributed by atoms with Gasteiger partial charge in [-0.25, -0.2) is 0 Å². The van der Waals surface area contributed by atoms with Gasteiger partial charge in [-0.3, -0.25) is 9.59 Å². The van der Waals surface area contributed by atoms with Crippen molar-refractivity contribution in [2.75, 3.05) is 14.2 Å². The fraction of sp³-hybridized carbons (Fsp3) is 0.364. The summed E-state index contributed by atoms with van der Waals surface area (Å²) in [5.41, 5.74) is 3.92. The van der Waals surface area contributed by atoms with Crippen molar-refractivity contribution in [2.24, 2.45) is 0 Å². The lowest BCUT2D eigenvalue weighted by Gasteiger charge is -2.22. The zero-order valence-corrected chi connectivity index (χ0v) is 15.8. The van der Waals surface area contributed by atoms with Gasteiger partial charge in [-0.1, -0.05) is 24.3 Å². The molecule has 0 fully saturated rings. The zero-order chi connectivity index (χ0) is 19.2. The van der Waals surface area contributed by atoms with E-state index in [4.69, 9.17) is 9.47 Å². The van der Waals surface area contributed by atoms with Crippen LogP contribution in [0.1, 0.15) is 52.4 Å². The second kappa shape index (κ2) is 8.71. The fourth-order valence-corrected chi connectivity index (χ4v) is 3.57. The Morgan fingerprint density at radius 3 is 2.48 bits per heavy atom. The largest absolute Gasteiger partial charge is 0.497 e. The average molecular weight is 367 g/mol. The summed E-state index contributed by atoms with van der Waals surface area (Å²) in [6, 6.07) is 12.8. The normalized spacial score (nSPS) is 14.0. The van der Waals surface area contributed by atoms with Crippen LogP contribution in [-0.2, 0) is 22.4 Å². The number of carbonyl (C=O) groups excluding carboxylic acids is 2. The number of rotatable bonds is 6. The molecule has 0 spiro atoms. The van der Waals surface area contributed by atoms with E-state index in [-0.39, 0.29) is 18.3 Å². The lowest BCUT2D eigenvalue weighted by atomic mass is 9.88. The molecule has 1 aliphatic carbocycles. The third kappa shape index (κ3) is 4.48. The van der Waals surface area contributed by atoms with E-state index in [0.717, 1.165) is 42.6 Å². The maximum absolute atomic E-state index is 13.0. The van der Waals surface area contributed by atoms with Crippen LogP contribution in [0.2, 0.25) is 0 Å². The number of hydrogen-bond acceptors (Lipinski definition) is 4. The van der Waals surface area contributed by atoms with Crippen LogP contribution < -0.4 is 10.1 Å². The first-order valence-corrected chi connectivity index (χ1v) is 9.24. The lowest BCUT2D eigenvalue weighted by Crippen LogP contribution is -2.31. The number of aryl methyl sites for hydroxylation is 1. The number of esters is 1. The second-order valence-corrected chi connectivity index (χ2v) is 6.73. The van der Waals surface area contributed by atoms with Crippen LogP contribution >= 0.6 is 0 Å². The zero-order valence-electron chi connectivity index (χ0n) is 15.8. The summed E-state index contributed by atoms with van der Waals surface area (Å²) in [4.78, 5) is 24.9. The third-order valence-corrected chi connectivity index (χ3v) is 5.06. The summed E-state index contributed by atoms with van der Waals surface area (Å²) < 4.78 is 9.99. The predicted molar refractivity (Wildman–Crippen MR) is 103 cm³/mol. The molecule has 3 rings (SSSR count). The number of methoxy groups -OCH3 is 2. The van der Waals surface area contributed by atoms with Crippen molar-refractivity contribution in [1.29, 1.82) is 0 Å². The molecule has 1 amide bonds. The molecule has 2 aromatic carbocycles. The van der Waals surface area contributed by atoms with Gasteiger partial charge in [0.1, 0.15) is 5.75 Å². The Bertz CT molecular complexity index is 814. The number of hydrogen-bond donors (Lipinski definition) is 1. The van der Waals surface area contributed by atoms with Gasteiger partial charge in [0, 0.05) is 5.56 Å². The Balaban J connectivity index is 1.85. The van der Waals surface area contributed by atoms with Crippen molar-refractivity contribution in [2.45, 2.75) is 38.1 Å². The maximum atomic E-state index is 13.0. The molecule has 1 aliphatic rings. The van der Waals surface area contributed by atoms with E-state index in [1.165, 1.54) is 12.7 Å². The van der Waals surface area contributed by atoms with Crippen LogP contribution in [0.5, 0.6) is 5.75 Å². The van der Waals surface area contributed by atoms with Crippen LogP contribution in [0.25, 0.3) is 0 Å². The van der Waals surface area contributed by atoms with Crippen LogP contribution in [-0.4, -0.2) is 26.1 Å². The van der Waals surface area contributed by atoms with Crippen molar-refractivity contribution >= 4 is 11.9 Å². The van der Waals surface area contributed by atoms with Crippen molar-refractivity contribution in [1.82, 2.24) is 5.32 Å². The minimum Gasteiger partial charge on any atom is -0.497 e. The Morgan fingerprint density at radius 1 is 1.04 bits per heavy atom. The van der Waals surface area contributed by atoms with Crippen LogP contribution in [0.4, 0.5) is 0 Å². The van der Waals surface area contributed by atoms with E-state index < -0.39 is 6.04 Å². The van der Waals surface area contributed by atoms with Gasteiger partial charge < -0.3 is 14.8 Å². The first-order valence-electron chi connectivity index (χ1n) is 9.24. The number of amides is 1. The fourth-order valence-electron chi connectivity index (χ4n) is 3.57. The minimum atomic E-state index is -0.463. The second-order valence-electron chi connectivity index (χ2n) is 6.73. The first-order chi connectivity index (χ1) is 13.1. The molecule has 27 heavy (non-hydrogen) atoms. The molecule has 1 N–H and O–H groups in total. The Hall–Kier alpha value is -2.82. The SMILES string of the molecule is COC(=O)CC(NC(=O)c1cccc2c1CCCC2)c1ccc(OC)cc1. The number of carbonyl (C=O) groups is 2. The van der Waals surface area contributed by atoms with Gasteiger partial charge in [0.05, 0.1) is 26.7 Å². The summed E-state index contributed by atoms with van der Waals surface area (Å²) in [6.07, 6.45) is 4.27. The lowest BCUT2D eigenvalue weighted by molar-refractivity contribution is -0.141. The van der Waals surface area contributed by atoms with Crippen molar-refractivity contribution in [3.05, 3.63) is 64.7 Å². The van der Waals surface area contributed by atoms with Crippen molar-refractivity contribution < 1.29 is 19.1 Å². The van der Waals surface area contributed by atoms with E-state index in [2.05, 4.69) is 11.4 Å². The van der Waals surface area contributed by atoms with Gasteiger partial charge in [-0.15, -0.1) is 0 Å². The molecule has 0 aromatic heterocycles. The molecule has 0 saturated carbocycles. The molecule has 0 saturated heterocycles. The van der Waals surface area contributed by atoms with Gasteiger partial charge in [0.2, 0.25) is 0 Å². The first kappa shape index (κ1) is 19.0. The summed E-state index contributed by atoms with van der Waals surface area (Å²) in [5, 5.41) is 3.02.